The molecule has 0 aliphatic carbocycles. The van der Waals surface area contributed by atoms with Crippen LogP contribution in [-0.4, -0.2) is 10.2 Å². The van der Waals surface area contributed by atoms with Crippen molar-refractivity contribution < 1.29 is 8.78 Å². The lowest BCUT2D eigenvalue weighted by Crippen LogP contribution is -2.14. The van der Waals surface area contributed by atoms with Crippen molar-refractivity contribution in [2.75, 3.05) is 0 Å². The lowest BCUT2D eigenvalue weighted by Gasteiger charge is -2.04. The molecule has 0 unspecified atom stereocenters. The van der Waals surface area contributed by atoms with E-state index < -0.39 is 11.6 Å². The van der Waals surface area contributed by atoms with E-state index in [4.69, 9.17) is 0 Å². The Hall–Kier alpha value is -1.88. The van der Waals surface area contributed by atoms with Crippen molar-refractivity contribution in [2.45, 2.75) is 13.1 Å². The van der Waals surface area contributed by atoms with Gasteiger partial charge >= 0.3 is 0 Å². The van der Waals surface area contributed by atoms with Crippen LogP contribution in [0.4, 0.5) is 8.78 Å². The van der Waals surface area contributed by atoms with Gasteiger partial charge in [0.15, 0.2) is 0 Å². The maximum atomic E-state index is 12.9. The third-order valence-corrected chi connectivity index (χ3v) is 2.19. The molecule has 1 aromatic heterocycles. The van der Waals surface area contributed by atoms with Gasteiger partial charge in [-0.15, -0.1) is 0 Å². The van der Waals surface area contributed by atoms with E-state index in [2.05, 4.69) is 15.5 Å². The van der Waals surface area contributed by atoms with Gasteiger partial charge in [-0.25, -0.2) is 8.78 Å². The summed E-state index contributed by atoms with van der Waals surface area (Å²) in [5, 5.41) is 10.6. The second-order valence-electron chi connectivity index (χ2n) is 3.60. The molecule has 2 rings (SSSR count). The quantitative estimate of drug-likeness (QED) is 0.881. The molecule has 0 saturated heterocycles. The third-order valence-electron chi connectivity index (χ3n) is 2.19. The van der Waals surface area contributed by atoms with Crippen LogP contribution in [0.1, 0.15) is 11.3 Å². The van der Waals surface area contributed by atoms with Gasteiger partial charge in [0.05, 0.1) is 5.69 Å². The summed E-state index contributed by atoms with van der Waals surface area (Å²) < 4.78 is 25.8. The van der Waals surface area contributed by atoms with E-state index in [0.717, 1.165) is 11.8 Å². The van der Waals surface area contributed by atoms with Gasteiger partial charge in [0.1, 0.15) is 11.6 Å². The number of hydrogen-bond acceptors (Lipinski definition) is 3. The smallest absolute Gasteiger partial charge is 0.126 e. The van der Waals surface area contributed by atoms with E-state index in [-0.39, 0.29) is 0 Å². The summed E-state index contributed by atoms with van der Waals surface area (Å²) in [6.07, 6.45) is 1.59. The van der Waals surface area contributed by atoms with Crippen LogP contribution in [0.15, 0.2) is 36.5 Å². The van der Waals surface area contributed by atoms with Crippen molar-refractivity contribution in [1.82, 2.24) is 15.5 Å². The molecule has 17 heavy (non-hydrogen) atoms. The second kappa shape index (κ2) is 5.45. The second-order valence-corrected chi connectivity index (χ2v) is 3.60. The minimum absolute atomic E-state index is 0.380. The summed E-state index contributed by atoms with van der Waals surface area (Å²) >= 11 is 0. The van der Waals surface area contributed by atoms with Gasteiger partial charge in [-0.05, 0) is 29.8 Å². The standard InChI is InChI=1S/C12H11F2N3/c13-10-4-9(5-11(14)6-10)7-15-8-12-2-1-3-16-17-12/h1-6,15H,7-8H2. The fraction of sp³-hybridized carbons (Fsp3) is 0.167. The highest BCUT2D eigenvalue weighted by atomic mass is 19.1. The highest BCUT2D eigenvalue weighted by Gasteiger charge is 2.00. The first kappa shape index (κ1) is 11.6. The van der Waals surface area contributed by atoms with Crippen LogP contribution in [-0.2, 0) is 13.1 Å². The molecule has 0 fully saturated rings. The van der Waals surface area contributed by atoms with Crippen LogP contribution in [0.25, 0.3) is 0 Å². The highest BCUT2D eigenvalue weighted by molar-refractivity contribution is 5.17. The molecule has 0 spiro atoms. The van der Waals surface area contributed by atoms with Crippen molar-refractivity contribution >= 4 is 0 Å². The molecule has 0 atom stereocenters. The van der Waals surface area contributed by atoms with Crippen LogP contribution in [0.5, 0.6) is 0 Å². The zero-order valence-electron chi connectivity index (χ0n) is 9.03. The highest BCUT2D eigenvalue weighted by Crippen LogP contribution is 2.07. The topological polar surface area (TPSA) is 37.8 Å². The van der Waals surface area contributed by atoms with Gasteiger partial charge in [0.25, 0.3) is 0 Å². The van der Waals surface area contributed by atoms with Crippen molar-refractivity contribution in [2.24, 2.45) is 0 Å². The number of nitrogens with one attached hydrogen (secondary N) is 1. The van der Waals surface area contributed by atoms with Gasteiger partial charge in [0.2, 0.25) is 0 Å². The monoisotopic (exact) mass is 235 g/mol. The summed E-state index contributed by atoms with van der Waals surface area (Å²) in [7, 11) is 0. The maximum Gasteiger partial charge on any atom is 0.126 e. The minimum Gasteiger partial charge on any atom is -0.307 e. The van der Waals surface area contributed by atoms with Crippen molar-refractivity contribution in [1.29, 1.82) is 0 Å². The third kappa shape index (κ3) is 3.57. The Morgan fingerprint density at radius 3 is 2.47 bits per heavy atom. The summed E-state index contributed by atoms with van der Waals surface area (Å²) in [6, 6.07) is 7.06. The molecule has 1 aromatic carbocycles. The molecular weight excluding hydrogens is 224 g/mol. The predicted molar refractivity (Wildman–Crippen MR) is 58.9 cm³/mol. The van der Waals surface area contributed by atoms with Gasteiger partial charge in [-0.3, -0.25) is 0 Å². The average Bonchev–Trinajstić information content (AvgIpc) is 2.29. The lowest BCUT2D eigenvalue weighted by molar-refractivity contribution is 0.574. The van der Waals surface area contributed by atoms with Crippen LogP contribution in [0.2, 0.25) is 0 Å². The Morgan fingerprint density at radius 2 is 1.82 bits per heavy atom. The minimum atomic E-state index is -0.568. The first-order chi connectivity index (χ1) is 8.24. The molecule has 5 heteroatoms. The number of benzene rings is 1. The Bertz CT molecular complexity index is 468. The van der Waals surface area contributed by atoms with E-state index in [1.807, 2.05) is 6.07 Å². The molecule has 1 N–H and O–H groups in total. The molecule has 0 radical (unpaired) electrons. The van der Waals surface area contributed by atoms with Crippen molar-refractivity contribution in [3.8, 4) is 0 Å². The Labute approximate surface area is 97.5 Å². The fourth-order valence-electron chi connectivity index (χ4n) is 1.48. The van der Waals surface area contributed by atoms with Gasteiger partial charge in [-0.1, -0.05) is 0 Å². The van der Waals surface area contributed by atoms with E-state index in [9.17, 15) is 8.78 Å². The Balaban J connectivity index is 1.90. The van der Waals surface area contributed by atoms with Crippen LogP contribution >= 0.6 is 0 Å². The van der Waals surface area contributed by atoms with E-state index >= 15 is 0 Å². The largest absolute Gasteiger partial charge is 0.307 e. The number of aromatic nitrogens is 2. The first-order valence-corrected chi connectivity index (χ1v) is 5.16. The van der Waals surface area contributed by atoms with E-state index in [1.54, 1.807) is 12.3 Å². The summed E-state index contributed by atoms with van der Waals surface area (Å²) in [4.78, 5) is 0. The molecule has 2 aromatic rings. The number of halogens is 2. The molecule has 0 aliphatic rings. The molecule has 0 aliphatic heterocycles. The predicted octanol–water partition coefficient (Wildman–Crippen LogP) is 2.04. The first-order valence-electron chi connectivity index (χ1n) is 5.16. The van der Waals surface area contributed by atoms with Gasteiger partial charge in [-0.2, -0.15) is 10.2 Å². The fourth-order valence-corrected chi connectivity index (χ4v) is 1.48. The van der Waals surface area contributed by atoms with Crippen LogP contribution in [0.3, 0.4) is 0 Å². The lowest BCUT2D eigenvalue weighted by atomic mass is 10.2. The van der Waals surface area contributed by atoms with Crippen LogP contribution < -0.4 is 5.32 Å². The van der Waals surface area contributed by atoms with E-state index in [0.29, 0.717) is 18.7 Å². The summed E-state index contributed by atoms with van der Waals surface area (Å²) in [6.45, 7) is 0.886. The van der Waals surface area contributed by atoms with Crippen molar-refractivity contribution in [3.05, 3.63) is 59.4 Å². The summed E-state index contributed by atoms with van der Waals surface area (Å²) in [5.41, 5.74) is 1.34. The molecule has 3 nitrogen and oxygen atoms in total. The SMILES string of the molecule is Fc1cc(F)cc(CNCc2cccnn2)c1. The normalized spacial score (nSPS) is 10.5. The Kier molecular flexibility index (Phi) is 3.72. The summed E-state index contributed by atoms with van der Waals surface area (Å²) in [5.74, 6) is -1.14. The van der Waals surface area contributed by atoms with Crippen molar-refractivity contribution in [3.63, 3.8) is 0 Å². The molecule has 1 heterocycles. The van der Waals surface area contributed by atoms with Crippen LogP contribution in [0, 0.1) is 11.6 Å². The van der Waals surface area contributed by atoms with E-state index in [1.165, 1.54) is 12.1 Å². The zero-order valence-corrected chi connectivity index (χ0v) is 9.03. The number of nitrogens with zero attached hydrogens (tertiary/aromatic N) is 2. The molecule has 88 valence electrons. The number of rotatable bonds is 4. The maximum absolute atomic E-state index is 12.9. The molecular formula is C12H11F2N3. The van der Waals surface area contributed by atoms with Gasteiger partial charge in [0, 0.05) is 25.4 Å². The zero-order chi connectivity index (χ0) is 12.1. The molecule has 0 saturated carbocycles. The van der Waals surface area contributed by atoms with Gasteiger partial charge < -0.3 is 5.32 Å². The Morgan fingerprint density at radius 1 is 1.06 bits per heavy atom. The number of hydrogen-bond donors (Lipinski definition) is 1. The molecule has 0 bridgehead atoms. The average molecular weight is 235 g/mol. The molecule has 0 amide bonds.